The number of aromatic nitrogens is 5. The topological polar surface area (TPSA) is 68.5 Å². The number of aryl methyl sites for hydroxylation is 1. The Morgan fingerprint density at radius 3 is 2.68 bits per heavy atom. The highest BCUT2D eigenvalue weighted by molar-refractivity contribution is 7.80. The molecule has 8 heteroatoms. The number of benzene rings is 2. The predicted octanol–water partition coefficient (Wildman–Crippen LogP) is 5.36. The minimum atomic E-state index is 0.462. The SMILES string of the molecule is Cc1cccc(-c2nn(CC(=S)Nc3ccccc3)cc2-c2ccc3nsnc3c2)n1. The van der Waals surface area contributed by atoms with E-state index in [4.69, 9.17) is 22.3 Å². The molecule has 0 unspecified atom stereocenters. The molecule has 6 nitrogen and oxygen atoms in total. The van der Waals surface area contributed by atoms with Crippen molar-refractivity contribution in [3.05, 3.63) is 78.6 Å². The lowest BCUT2D eigenvalue weighted by molar-refractivity contribution is 0.730. The molecular weight excluding hydrogens is 424 g/mol. The highest BCUT2D eigenvalue weighted by Crippen LogP contribution is 2.32. The van der Waals surface area contributed by atoms with Crippen LogP contribution in [0.25, 0.3) is 33.5 Å². The van der Waals surface area contributed by atoms with Gasteiger partial charge in [-0.1, -0.05) is 42.5 Å². The molecule has 0 fully saturated rings. The molecule has 0 bridgehead atoms. The van der Waals surface area contributed by atoms with E-state index in [2.05, 4.69) is 14.1 Å². The Hall–Kier alpha value is -3.49. The first kappa shape index (κ1) is 19.5. The first-order chi connectivity index (χ1) is 15.2. The van der Waals surface area contributed by atoms with Gasteiger partial charge in [0.15, 0.2) is 0 Å². The van der Waals surface area contributed by atoms with Crippen molar-refractivity contribution in [3.63, 3.8) is 0 Å². The molecule has 0 amide bonds. The van der Waals surface area contributed by atoms with Gasteiger partial charge in [0, 0.05) is 23.1 Å². The number of nitrogens with zero attached hydrogens (tertiary/aromatic N) is 5. The molecule has 0 saturated heterocycles. The molecule has 5 aromatic rings. The lowest BCUT2D eigenvalue weighted by Crippen LogP contribution is -2.17. The van der Waals surface area contributed by atoms with E-state index in [1.54, 1.807) is 0 Å². The van der Waals surface area contributed by atoms with Gasteiger partial charge in [0.05, 0.1) is 24.0 Å². The maximum absolute atomic E-state index is 5.57. The first-order valence-corrected chi connectivity index (χ1v) is 10.9. The normalized spacial score (nSPS) is 11.0. The number of para-hydroxylation sites is 1. The number of hydrogen-bond acceptors (Lipinski definition) is 6. The second-order valence-corrected chi connectivity index (χ2v) is 8.16. The second kappa shape index (κ2) is 8.33. The van der Waals surface area contributed by atoms with Crippen molar-refractivity contribution < 1.29 is 0 Å². The Balaban J connectivity index is 1.52. The Bertz CT molecular complexity index is 1370. The number of anilines is 1. The quantitative estimate of drug-likeness (QED) is 0.369. The maximum atomic E-state index is 5.57. The third-order valence-corrected chi connectivity index (χ3v) is 5.61. The summed E-state index contributed by atoms with van der Waals surface area (Å²) in [5.41, 5.74) is 7.31. The first-order valence-electron chi connectivity index (χ1n) is 9.75. The van der Waals surface area contributed by atoms with Crippen LogP contribution in [0.1, 0.15) is 5.69 Å². The Kier molecular flexibility index (Phi) is 5.23. The van der Waals surface area contributed by atoms with Crippen LogP contribution in [0.3, 0.4) is 0 Å². The molecule has 2 aromatic carbocycles. The lowest BCUT2D eigenvalue weighted by atomic mass is 10.0. The van der Waals surface area contributed by atoms with Crippen molar-refractivity contribution >= 4 is 45.7 Å². The van der Waals surface area contributed by atoms with Crippen LogP contribution in [0.15, 0.2) is 72.9 Å². The average Bonchev–Trinajstić information content (AvgIpc) is 3.40. The summed E-state index contributed by atoms with van der Waals surface area (Å²) in [6.45, 7) is 2.44. The Morgan fingerprint density at radius 2 is 1.84 bits per heavy atom. The largest absolute Gasteiger partial charge is 0.348 e. The van der Waals surface area contributed by atoms with Crippen LogP contribution in [-0.2, 0) is 6.54 Å². The molecule has 0 spiro atoms. The smallest absolute Gasteiger partial charge is 0.119 e. The van der Waals surface area contributed by atoms with Gasteiger partial charge in [0.2, 0.25) is 0 Å². The van der Waals surface area contributed by atoms with Crippen molar-refractivity contribution in [3.8, 4) is 22.5 Å². The van der Waals surface area contributed by atoms with E-state index in [1.807, 2.05) is 84.5 Å². The average molecular weight is 443 g/mol. The van der Waals surface area contributed by atoms with Gasteiger partial charge in [-0.15, -0.1) is 0 Å². The summed E-state index contributed by atoms with van der Waals surface area (Å²) in [4.78, 5) is 5.38. The van der Waals surface area contributed by atoms with Crippen LogP contribution in [0.5, 0.6) is 0 Å². The van der Waals surface area contributed by atoms with Crippen LogP contribution < -0.4 is 5.32 Å². The number of rotatable bonds is 5. The van der Waals surface area contributed by atoms with Crippen molar-refractivity contribution in [1.29, 1.82) is 0 Å². The molecule has 152 valence electrons. The van der Waals surface area contributed by atoms with Gasteiger partial charge in [-0.05, 0) is 48.9 Å². The molecule has 3 heterocycles. The molecule has 5 rings (SSSR count). The van der Waals surface area contributed by atoms with Gasteiger partial charge < -0.3 is 5.32 Å². The molecule has 3 aromatic heterocycles. The molecule has 0 saturated carbocycles. The minimum Gasteiger partial charge on any atom is -0.348 e. The molecule has 0 aliphatic rings. The monoisotopic (exact) mass is 442 g/mol. The fourth-order valence-electron chi connectivity index (χ4n) is 3.40. The van der Waals surface area contributed by atoms with Crippen LogP contribution in [0, 0.1) is 6.92 Å². The zero-order valence-electron chi connectivity index (χ0n) is 16.7. The summed E-state index contributed by atoms with van der Waals surface area (Å²) in [5.74, 6) is 0. The van der Waals surface area contributed by atoms with Crippen molar-refractivity contribution in [2.24, 2.45) is 0 Å². The highest BCUT2D eigenvalue weighted by Gasteiger charge is 2.16. The van der Waals surface area contributed by atoms with E-state index in [0.717, 1.165) is 44.9 Å². The van der Waals surface area contributed by atoms with Gasteiger partial charge in [-0.25, -0.2) is 0 Å². The third-order valence-electron chi connectivity index (χ3n) is 4.82. The molecule has 0 aliphatic heterocycles. The summed E-state index contributed by atoms with van der Waals surface area (Å²) >= 11 is 6.79. The molecule has 31 heavy (non-hydrogen) atoms. The Morgan fingerprint density at radius 1 is 1.00 bits per heavy atom. The summed E-state index contributed by atoms with van der Waals surface area (Å²) in [6.07, 6.45) is 2.01. The van der Waals surface area contributed by atoms with Crippen LogP contribution in [0.4, 0.5) is 5.69 Å². The number of pyridine rings is 1. The summed E-state index contributed by atoms with van der Waals surface area (Å²) < 4.78 is 10.5. The minimum absolute atomic E-state index is 0.462. The van der Waals surface area contributed by atoms with E-state index in [-0.39, 0.29) is 0 Å². The number of hydrogen-bond donors (Lipinski definition) is 1. The summed E-state index contributed by atoms with van der Waals surface area (Å²) in [5, 5.41) is 8.11. The number of thiocarbonyl (C=S) groups is 1. The number of fused-ring (bicyclic) bond motifs is 1. The standard InChI is InChI=1S/C23H18N6S2/c1-15-6-5-9-20(24-15)23-18(16-10-11-19-21(12-16)28-31-27-19)13-29(26-23)14-22(30)25-17-7-3-2-4-8-17/h2-13H,14H2,1H3,(H,25,30). The number of nitrogens with one attached hydrogen (secondary N) is 1. The van der Waals surface area contributed by atoms with Gasteiger partial charge in [-0.2, -0.15) is 13.8 Å². The van der Waals surface area contributed by atoms with Gasteiger partial charge in [-0.3, -0.25) is 9.67 Å². The van der Waals surface area contributed by atoms with E-state index in [0.29, 0.717) is 11.5 Å². The predicted molar refractivity (Wildman–Crippen MR) is 129 cm³/mol. The van der Waals surface area contributed by atoms with Crippen LogP contribution in [-0.4, -0.2) is 28.5 Å². The second-order valence-electron chi connectivity index (χ2n) is 7.14. The fraction of sp³-hybridized carbons (Fsp3) is 0.0870. The maximum Gasteiger partial charge on any atom is 0.119 e. The van der Waals surface area contributed by atoms with Gasteiger partial charge in [0.1, 0.15) is 21.7 Å². The fourth-order valence-corrected chi connectivity index (χ4v) is 4.16. The van der Waals surface area contributed by atoms with E-state index >= 15 is 0 Å². The molecule has 0 aliphatic carbocycles. The van der Waals surface area contributed by atoms with Crippen molar-refractivity contribution in [2.75, 3.05) is 5.32 Å². The van der Waals surface area contributed by atoms with E-state index in [9.17, 15) is 0 Å². The summed E-state index contributed by atoms with van der Waals surface area (Å²) in [7, 11) is 0. The van der Waals surface area contributed by atoms with Crippen molar-refractivity contribution in [2.45, 2.75) is 13.5 Å². The summed E-state index contributed by atoms with van der Waals surface area (Å²) in [6, 6.07) is 21.9. The molecular formula is C23H18N6S2. The van der Waals surface area contributed by atoms with Crippen LogP contribution in [0.2, 0.25) is 0 Å². The van der Waals surface area contributed by atoms with Crippen LogP contribution >= 0.6 is 23.9 Å². The van der Waals surface area contributed by atoms with Crippen molar-refractivity contribution in [1.82, 2.24) is 23.5 Å². The van der Waals surface area contributed by atoms with E-state index in [1.165, 1.54) is 11.7 Å². The third kappa shape index (κ3) is 4.21. The lowest BCUT2D eigenvalue weighted by Gasteiger charge is -2.07. The molecule has 0 radical (unpaired) electrons. The zero-order valence-corrected chi connectivity index (χ0v) is 18.3. The van der Waals surface area contributed by atoms with Gasteiger partial charge >= 0.3 is 0 Å². The zero-order chi connectivity index (χ0) is 21.2. The molecule has 0 atom stereocenters. The highest BCUT2D eigenvalue weighted by atomic mass is 32.1. The van der Waals surface area contributed by atoms with Gasteiger partial charge in [0.25, 0.3) is 0 Å². The molecule has 1 N–H and O–H groups in total. The Labute approximate surface area is 188 Å². The van der Waals surface area contributed by atoms with E-state index < -0.39 is 0 Å².